The summed E-state index contributed by atoms with van der Waals surface area (Å²) in [4.78, 5) is 12.8. The lowest BCUT2D eigenvalue weighted by Crippen LogP contribution is -2.18. The number of rotatable bonds is 4. The van der Waals surface area contributed by atoms with Crippen molar-refractivity contribution in [2.45, 2.75) is 13.5 Å². The minimum atomic E-state index is -0.354. The molecule has 2 heterocycles. The van der Waals surface area contributed by atoms with E-state index < -0.39 is 0 Å². The van der Waals surface area contributed by atoms with E-state index >= 15 is 0 Å². The second kappa shape index (κ2) is 5.88. The average molecular weight is 317 g/mol. The number of aromatic nitrogens is 2. The highest BCUT2D eigenvalue weighted by Crippen LogP contribution is 2.30. The van der Waals surface area contributed by atoms with Crippen molar-refractivity contribution < 1.29 is 9.13 Å². The van der Waals surface area contributed by atoms with Crippen LogP contribution in [0.2, 0.25) is 0 Å². The number of hydrogen-bond acceptors (Lipinski definition) is 5. The van der Waals surface area contributed by atoms with Crippen LogP contribution in [0.3, 0.4) is 0 Å². The zero-order valence-corrected chi connectivity index (χ0v) is 13.4. The van der Waals surface area contributed by atoms with Crippen LogP contribution < -0.4 is 9.64 Å². The molecule has 0 spiro atoms. The van der Waals surface area contributed by atoms with Crippen molar-refractivity contribution in [3.63, 3.8) is 0 Å². The van der Waals surface area contributed by atoms with Crippen LogP contribution in [0.25, 0.3) is 10.2 Å². The number of fused-ring (bicyclic) bond motifs is 1. The fraction of sp³-hybridized carbons (Fsp3) is 0.250. The van der Waals surface area contributed by atoms with Gasteiger partial charge in [-0.1, -0.05) is 6.07 Å². The summed E-state index contributed by atoms with van der Waals surface area (Å²) in [5.41, 5.74) is 0.861. The summed E-state index contributed by atoms with van der Waals surface area (Å²) in [6, 6.07) is 7.07. The second-order valence-electron chi connectivity index (χ2n) is 5.10. The van der Waals surface area contributed by atoms with Gasteiger partial charge in [-0.3, -0.25) is 0 Å². The Kier molecular flexibility index (Phi) is 3.94. The monoisotopic (exact) mass is 317 g/mol. The summed E-state index contributed by atoms with van der Waals surface area (Å²) in [5, 5.41) is 1.03. The Balaban J connectivity index is 1.90. The van der Waals surface area contributed by atoms with E-state index in [2.05, 4.69) is 23.0 Å². The summed E-state index contributed by atoms with van der Waals surface area (Å²) in [6.45, 7) is 2.61. The second-order valence-corrected chi connectivity index (χ2v) is 6.33. The van der Waals surface area contributed by atoms with Crippen LogP contribution in [0, 0.1) is 12.7 Å². The van der Waals surface area contributed by atoms with Gasteiger partial charge in [0.25, 0.3) is 0 Å². The van der Waals surface area contributed by atoms with Crippen LogP contribution in [0.5, 0.6) is 5.75 Å². The number of halogens is 1. The summed E-state index contributed by atoms with van der Waals surface area (Å²) in [6.07, 6.45) is 1.57. The summed E-state index contributed by atoms with van der Waals surface area (Å²) >= 11 is 1.64. The summed E-state index contributed by atoms with van der Waals surface area (Å²) in [7, 11) is 3.40. The van der Waals surface area contributed by atoms with Gasteiger partial charge in [-0.05, 0) is 30.7 Å². The lowest BCUT2D eigenvalue weighted by molar-refractivity contribution is 0.386. The van der Waals surface area contributed by atoms with Gasteiger partial charge in [-0.2, -0.15) is 0 Å². The third-order valence-corrected chi connectivity index (χ3v) is 4.39. The number of aryl methyl sites for hydroxylation is 1. The number of thiophene rings is 1. The van der Waals surface area contributed by atoms with Gasteiger partial charge < -0.3 is 9.64 Å². The predicted molar refractivity (Wildman–Crippen MR) is 87.2 cm³/mol. The zero-order chi connectivity index (χ0) is 15.7. The van der Waals surface area contributed by atoms with Crippen molar-refractivity contribution in [1.82, 2.24) is 9.97 Å². The highest BCUT2D eigenvalue weighted by atomic mass is 32.1. The number of methoxy groups -OCH3 is 1. The Morgan fingerprint density at radius 2 is 2.09 bits per heavy atom. The van der Waals surface area contributed by atoms with E-state index in [0.29, 0.717) is 6.54 Å². The first kappa shape index (κ1) is 14.7. The molecule has 6 heteroatoms. The Morgan fingerprint density at radius 1 is 1.27 bits per heavy atom. The van der Waals surface area contributed by atoms with E-state index in [-0.39, 0.29) is 11.6 Å². The van der Waals surface area contributed by atoms with Crippen LogP contribution in [-0.4, -0.2) is 24.1 Å². The van der Waals surface area contributed by atoms with Crippen molar-refractivity contribution in [1.29, 1.82) is 0 Å². The minimum Gasteiger partial charge on any atom is -0.494 e. The Labute approximate surface area is 132 Å². The fourth-order valence-electron chi connectivity index (χ4n) is 2.42. The topological polar surface area (TPSA) is 38.2 Å². The molecule has 1 aromatic carbocycles. The predicted octanol–water partition coefficient (Wildman–Crippen LogP) is 3.78. The van der Waals surface area contributed by atoms with Crippen molar-refractivity contribution in [3.05, 3.63) is 46.9 Å². The molecule has 0 N–H and O–H groups in total. The lowest BCUT2D eigenvalue weighted by atomic mass is 10.2. The van der Waals surface area contributed by atoms with Crippen molar-refractivity contribution in [2.75, 3.05) is 19.1 Å². The SMILES string of the molecule is COc1ccc(CN(C)c2ncnc3sc(C)cc23)cc1F. The van der Waals surface area contributed by atoms with Crippen molar-refractivity contribution >= 4 is 27.4 Å². The Morgan fingerprint density at radius 3 is 2.82 bits per heavy atom. The molecule has 0 aliphatic rings. The van der Waals surface area contributed by atoms with Crippen LogP contribution >= 0.6 is 11.3 Å². The molecule has 0 atom stereocenters. The molecule has 3 rings (SSSR count). The van der Waals surface area contributed by atoms with Crippen LogP contribution in [-0.2, 0) is 6.54 Å². The van der Waals surface area contributed by atoms with Gasteiger partial charge in [-0.25, -0.2) is 14.4 Å². The molecule has 0 amide bonds. The number of nitrogens with zero attached hydrogens (tertiary/aromatic N) is 3. The molecule has 2 aromatic heterocycles. The highest BCUT2D eigenvalue weighted by Gasteiger charge is 2.12. The maximum atomic E-state index is 13.8. The van der Waals surface area contributed by atoms with Gasteiger partial charge in [0.05, 0.1) is 12.5 Å². The average Bonchev–Trinajstić information content (AvgIpc) is 2.87. The summed E-state index contributed by atoms with van der Waals surface area (Å²) in [5.74, 6) is 0.752. The van der Waals surface area contributed by atoms with Gasteiger partial charge in [0.15, 0.2) is 11.6 Å². The van der Waals surface area contributed by atoms with Gasteiger partial charge >= 0.3 is 0 Å². The van der Waals surface area contributed by atoms with E-state index in [1.807, 2.05) is 18.0 Å². The molecule has 22 heavy (non-hydrogen) atoms. The Bertz CT molecular complexity index is 818. The molecule has 0 aliphatic heterocycles. The van der Waals surface area contributed by atoms with Gasteiger partial charge in [0.1, 0.15) is 17.0 Å². The first-order valence-corrected chi connectivity index (χ1v) is 7.65. The normalized spacial score (nSPS) is 10.9. The van der Waals surface area contributed by atoms with E-state index in [4.69, 9.17) is 4.74 Å². The minimum absolute atomic E-state index is 0.254. The maximum Gasteiger partial charge on any atom is 0.165 e. The van der Waals surface area contributed by atoms with Crippen molar-refractivity contribution in [2.24, 2.45) is 0 Å². The number of hydrogen-bond donors (Lipinski definition) is 0. The Hall–Kier alpha value is -2.21. The van der Waals surface area contributed by atoms with Gasteiger partial charge in [-0.15, -0.1) is 11.3 Å². The van der Waals surface area contributed by atoms with E-state index in [0.717, 1.165) is 21.6 Å². The fourth-order valence-corrected chi connectivity index (χ4v) is 3.27. The number of ether oxygens (including phenoxy) is 1. The van der Waals surface area contributed by atoms with Crippen LogP contribution in [0.4, 0.5) is 10.2 Å². The summed E-state index contributed by atoms with van der Waals surface area (Å²) < 4.78 is 18.7. The van der Waals surface area contributed by atoms with Crippen LogP contribution in [0.15, 0.2) is 30.6 Å². The molecule has 114 valence electrons. The van der Waals surface area contributed by atoms with E-state index in [9.17, 15) is 4.39 Å². The molecule has 0 saturated heterocycles. The third-order valence-electron chi connectivity index (χ3n) is 3.43. The maximum absolute atomic E-state index is 13.8. The van der Waals surface area contributed by atoms with E-state index in [1.165, 1.54) is 18.1 Å². The van der Waals surface area contributed by atoms with Crippen molar-refractivity contribution in [3.8, 4) is 5.75 Å². The third kappa shape index (κ3) is 2.74. The molecule has 0 fully saturated rings. The molecule has 4 nitrogen and oxygen atoms in total. The quantitative estimate of drug-likeness (QED) is 0.734. The van der Waals surface area contributed by atoms with Gasteiger partial charge in [0.2, 0.25) is 0 Å². The molecule has 0 radical (unpaired) electrons. The van der Waals surface area contributed by atoms with Gasteiger partial charge in [0, 0.05) is 18.5 Å². The molecule has 0 saturated carbocycles. The highest BCUT2D eigenvalue weighted by molar-refractivity contribution is 7.18. The molecular formula is C16H16FN3OS. The smallest absolute Gasteiger partial charge is 0.165 e. The number of anilines is 1. The molecular weight excluding hydrogens is 301 g/mol. The molecule has 0 aliphatic carbocycles. The zero-order valence-electron chi connectivity index (χ0n) is 12.6. The van der Waals surface area contributed by atoms with Crippen LogP contribution in [0.1, 0.15) is 10.4 Å². The first-order chi connectivity index (χ1) is 10.6. The van der Waals surface area contributed by atoms with E-state index in [1.54, 1.807) is 23.7 Å². The number of benzene rings is 1. The molecule has 0 bridgehead atoms. The lowest BCUT2D eigenvalue weighted by Gasteiger charge is -2.19. The molecule has 0 unspecified atom stereocenters. The first-order valence-electron chi connectivity index (χ1n) is 6.83. The molecule has 3 aromatic rings. The largest absolute Gasteiger partial charge is 0.494 e. The standard InChI is InChI=1S/C16H16FN3OS/c1-10-6-12-15(18-9-19-16(12)22-10)20(2)8-11-4-5-14(21-3)13(17)7-11/h4-7,9H,8H2,1-3H3.